The summed E-state index contributed by atoms with van der Waals surface area (Å²) in [4.78, 5) is 8.58. The van der Waals surface area contributed by atoms with Crippen molar-refractivity contribution in [1.82, 2.24) is 9.97 Å². The molecule has 1 unspecified atom stereocenters. The third-order valence-electron chi connectivity index (χ3n) is 1.77. The maximum absolute atomic E-state index is 5.67. The monoisotopic (exact) mass is 179 g/mol. The van der Waals surface area contributed by atoms with Gasteiger partial charge in [-0.15, -0.1) is 0 Å². The highest BCUT2D eigenvalue weighted by molar-refractivity contribution is 5.03. The van der Waals surface area contributed by atoms with Crippen LogP contribution < -0.4 is 5.73 Å². The average molecular weight is 179 g/mol. The van der Waals surface area contributed by atoms with Crippen LogP contribution in [-0.4, -0.2) is 16.0 Å². The van der Waals surface area contributed by atoms with Gasteiger partial charge in [0.25, 0.3) is 0 Å². The number of aromatic nitrogens is 2. The Bertz CT molecular complexity index is 258. The van der Waals surface area contributed by atoms with E-state index in [4.69, 9.17) is 5.73 Å². The smallest absolute Gasteiger partial charge is 0.130 e. The maximum atomic E-state index is 5.67. The lowest BCUT2D eigenvalue weighted by Crippen LogP contribution is -2.19. The topological polar surface area (TPSA) is 51.8 Å². The van der Waals surface area contributed by atoms with Gasteiger partial charge >= 0.3 is 0 Å². The summed E-state index contributed by atoms with van der Waals surface area (Å²) in [6.07, 6.45) is 4.72. The number of nitrogens with zero attached hydrogens (tertiary/aromatic N) is 2. The quantitative estimate of drug-likeness (QED) is 0.758. The Morgan fingerprint density at radius 3 is 2.92 bits per heavy atom. The van der Waals surface area contributed by atoms with Gasteiger partial charge in [0.2, 0.25) is 0 Å². The fourth-order valence-corrected chi connectivity index (χ4v) is 1.22. The summed E-state index contributed by atoms with van der Waals surface area (Å²) in [7, 11) is 0. The second-order valence-corrected chi connectivity index (χ2v) is 3.40. The van der Waals surface area contributed by atoms with Gasteiger partial charge in [-0.1, -0.05) is 13.3 Å². The van der Waals surface area contributed by atoms with Gasteiger partial charge in [0.15, 0.2) is 0 Å². The van der Waals surface area contributed by atoms with Crippen LogP contribution in [-0.2, 0) is 12.8 Å². The Hall–Kier alpha value is -0.960. The first-order valence-corrected chi connectivity index (χ1v) is 4.78. The van der Waals surface area contributed by atoms with Crippen LogP contribution in [0.15, 0.2) is 12.3 Å². The molecule has 1 aromatic rings. The van der Waals surface area contributed by atoms with Gasteiger partial charge in [-0.2, -0.15) is 0 Å². The Balaban J connectivity index is 2.67. The van der Waals surface area contributed by atoms with Crippen LogP contribution in [0.4, 0.5) is 0 Å². The van der Waals surface area contributed by atoms with Crippen LogP contribution in [0.3, 0.4) is 0 Å². The fourth-order valence-electron chi connectivity index (χ4n) is 1.22. The zero-order chi connectivity index (χ0) is 9.68. The van der Waals surface area contributed by atoms with E-state index in [1.165, 1.54) is 0 Å². The number of rotatable bonds is 4. The number of aryl methyl sites for hydroxylation is 1. The molecule has 1 aromatic heterocycles. The van der Waals surface area contributed by atoms with Crippen molar-refractivity contribution in [2.45, 2.75) is 39.2 Å². The Kier molecular flexibility index (Phi) is 3.83. The molecule has 0 aromatic carbocycles. The first kappa shape index (κ1) is 10.1. The molecule has 3 heteroatoms. The summed E-state index contributed by atoms with van der Waals surface area (Å²) in [5.41, 5.74) is 6.79. The molecule has 0 fully saturated rings. The molecule has 1 rings (SSSR count). The second-order valence-electron chi connectivity index (χ2n) is 3.40. The zero-order valence-electron chi connectivity index (χ0n) is 8.33. The summed E-state index contributed by atoms with van der Waals surface area (Å²) in [5, 5.41) is 0. The molecule has 0 radical (unpaired) electrons. The standard InChI is InChI=1S/C10H17N3/c1-3-4-9-5-6-12-10(13-9)7-8(2)11/h5-6,8H,3-4,7,11H2,1-2H3. The highest BCUT2D eigenvalue weighted by Gasteiger charge is 2.01. The lowest BCUT2D eigenvalue weighted by Gasteiger charge is -2.04. The fraction of sp³-hybridized carbons (Fsp3) is 0.600. The summed E-state index contributed by atoms with van der Waals surface area (Å²) < 4.78 is 0. The first-order chi connectivity index (χ1) is 6.22. The lowest BCUT2D eigenvalue weighted by molar-refractivity contribution is 0.693. The molecule has 0 saturated heterocycles. The molecular weight excluding hydrogens is 162 g/mol. The van der Waals surface area contributed by atoms with Crippen LogP contribution in [0, 0.1) is 0 Å². The van der Waals surface area contributed by atoms with E-state index in [1.54, 1.807) is 0 Å². The molecule has 1 heterocycles. The van der Waals surface area contributed by atoms with Crippen molar-refractivity contribution in [2.75, 3.05) is 0 Å². The SMILES string of the molecule is CCCc1ccnc(CC(C)N)n1. The Morgan fingerprint density at radius 1 is 1.54 bits per heavy atom. The highest BCUT2D eigenvalue weighted by Crippen LogP contribution is 2.00. The molecule has 0 amide bonds. The van der Waals surface area contributed by atoms with E-state index in [0.29, 0.717) is 0 Å². The van der Waals surface area contributed by atoms with Gasteiger partial charge in [-0.05, 0) is 19.4 Å². The molecule has 0 bridgehead atoms. The van der Waals surface area contributed by atoms with Gasteiger partial charge in [-0.3, -0.25) is 0 Å². The molecule has 0 spiro atoms. The summed E-state index contributed by atoms with van der Waals surface area (Å²) >= 11 is 0. The molecule has 3 nitrogen and oxygen atoms in total. The van der Waals surface area contributed by atoms with E-state index >= 15 is 0 Å². The summed E-state index contributed by atoms with van der Waals surface area (Å²) in [6, 6.07) is 2.10. The van der Waals surface area contributed by atoms with E-state index in [9.17, 15) is 0 Å². The third-order valence-corrected chi connectivity index (χ3v) is 1.77. The molecule has 1 atom stereocenters. The van der Waals surface area contributed by atoms with Crippen LogP contribution in [0.5, 0.6) is 0 Å². The van der Waals surface area contributed by atoms with E-state index in [-0.39, 0.29) is 6.04 Å². The lowest BCUT2D eigenvalue weighted by atomic mass is 10.2. The molecule has 0 aliphatic carbocycles. The van der Waals surface area contributed by atoms with Crippen molar-refractivity contribution >= 4 is 0 Å². The van der Waals surface area contributed by atoms with Crippen LogP contribution >= 0.6 is 0 Å². The van der Waals surface area contributed by atoms with Crippen molar-refractivity contribution in [1.29, 1.82) is 0 Å². The Morgan fingerprint density at radius 2 is 2.31 bits per heavy atom. The molecular formula is C10H17N3. The van der Waals surface area contributed by atoms with Gasteiger partial charge in [0, 0.05) is 24.4 Å². The minimum absolute atomic E-state index is 0.136. The summed E-state index contributed by atoms with van der Waals surface area (Å²) in [6.45, 7) is 4.11. The van der Waals surface area contributed by atoms with Crippen molar-refractivity contribution < 1.29 is 0 Å². The van der Waals surface area contributed by atoms with E-state index in [0.717, 1.165) is 30.8 Å². The van der Waals surface area contributed by atoms with E-state index in [1.807, 2.05) is 19.2 Å². The normalized spacial score (nSPS) is 12.8. The average Bonchev–Trinajstić information content (AvgIpc) is 2.04. The minimum atomic E-state index is 0.136. The Labute approximate surface area is 79.4 Å². The van der Waals surface area contributed by atoms with Crippen LogP contribution in [0.1, 0.15) is 31.8 Å². The molecule has 0 saturated carbocycles. The van der Waals surface area contributed by atoms with E-state index in [2.05, 4.69) is 16.9 Å². The number of hydrogen-bond donors (Lipinski definition) is 1. The molecule has 2 N–H and O–H groups in total. The molecule has 72 valence electrons. The predicted octanol–water partition coefficient (Wildman–Crippen LogP) is 1.32. The van der Waals surface area contributed by atoms with Gasteiger partial charge in [-0.25, -0.2) is 9.97 Å². The molecule has 13 heavy (non-hydrogen) atoms. The number of hydrogen-bond acceptors (Lipinski definition) is 3. The van der Waals surface area contributed by atoms with Gasteiger partial charge in [0.05, 0.1) is 0 Å². The van der Waals surface area contributed by atoms with Crippen molar-refractivity contribution in [2.24, 2.45) is 5.73 Å². The molecule has 0 aliphatic heterocycles. The summed E-state index contributed by atoms with van der Waals surface area (Å²) in [5.74, 6) is 0.862. The minimum Gasteiger partial charge on any atom is -0.328 e. The van der Waals surface area contributed by atoms with Gasteiger partial charge in [0.1, 0.15) is 5.82 Å². The van der Waals surface area contributed by atoms with Gasteiger partial charge < -0.3 is 5.73 Å². The molecule has 0 aliphatic rings. The first-order valence-electron chi connectivity index (χ1n) is 4.78. The second kappa shape index (κ2) is 4.92. The highest BCUT2D eigenvalue weighted by atomic mass is 14.9. The van der Waals surface area contributed by atoms with Crippen LogP contribution in [0.25, 0.3) is 0 Å². The largest absolute Gasteiger partial charge is 0.328 e. The predicted molar refractivity (Wildman–Crippen MR) is 53.4 cm³/mol. The third kappa shape index (κ3) is 3.51. The number of nitrogens with two attached hydrogens (primary N) is 1. The van der Waals surface area contributed by atoms with Crippen molar-refractivity contribution in [3.05, 3.63) is 23.8 Å². The van der Waals surface area contributed by atoms with E-state index < -0.39 is 0 Å². The zero-order valence-corrected chi connectivity index (χ0v) is 8.33. The van der Waals surface area contributed by atoms with Crippen molar-refractivity contribution in [3.63, 3.8) is 0 Å². The van der Waals surface area contributed by atoms with Crippen LogP contribution in [0.2, 0.25) is 0 Å². The van der Waals surface area contributed by atoms with Crippen molar-refractivity contribution in [3.8, 4) is 0 Å². The maximum Gasteiger partial charge on any atom is 0.130 e.